The van der Waals surface area contributed by atoms with E-state index in [1.165, 1.54) is 0 Å². The van der Waals surface area contributed by atoms with Crippen molar-refractivity contribution in [2.24, 2.45) is 0 Å². The molecule has 0 radical (unpaired) electrons. The van der Waals surface area contributed by atoms with E-state index in [0.29, 0.717) is 18.0 Å². The van der Waals surface area contributed by atoms with Crippen LogP contribution in [0.4, 0.5) is 0 Å². The second-order valence-electron chi connectivity index (χ2n) is 5.93. The van der Waals surface area contributed by atoms with Crippen LogP contribution in [0.2, 0.25) is 5.02 Å². The Kier molecular flexibility index (Phi) is 5.86. The zero-order chi connectivity index (χ0) is 17.5. The number of nitrogens with one attached hydrogen (secondary N) is 1. The SMILES string of the molecule is O=C(CC(Cn1cccc1)c1ccc(Cl)cc1)NCc1ccccn1. The summed E-state index contributed by atoms with van der Waals surface area (Å²) in [5, 5.41) is 3.65. The maximum Gasteiger partial charge on any atom is 0.220 e. The molecule has 0 spiro atoms. The number of hydrogen-bond acceptors (Lipinski definition) is 2. The Morgan fingerprint density at radius 1 is 1.08 bits per heavy atom. The third-order valence-corrected chi connectivity index (χ3v) is 4.32. The summed E-state index contributed by atoms with van der Waals surface area (Å²) >= 11 is 5.99. The minimum Gasteiger partial charge on any atom is -0.354 e. The smallest absolute Gasteiger partial charge is 0.220 e. The maximum absolute atomic E-state index is 12.4. The quantitative estimate of drug-likeness (QED) is 0.697. The molecule has 0 aliphatic rings. The second kappa shape index (κ2) is 8.49. The number of halogens is 1. The van der Waals surface area contributed by atoms with Crippen LogP contribution in [0, 0.1) is 0 Å². The zero-order valence-electron chi connectivity index (χ0n) is 13.8. The van der Waals surface area contributed by atoms with Gasteiger partial charge in [-0.3, -0.25) is 9.78 Å². The van der Waals surface area contributed by atoms with E-state index in [4.69, 9.17) is 11.6 Å². The number of pyridine rings is 1. The van der Waals surface area contributed by atoms with Gasteiger partial charge in [0.25, 0.3) is 0 Å². The lowest BCUT2D eigenvalue weighted by Crippen LogP contribution is -2.26. The first kappa shape index (κ1) is 17.2. The van der Waals surface area contributed by atoms with Crippen molar-refractivity contribution in [3.8, 4) is 0 Å². The molecule has 2 aromatic heterocycles. The lowest BCUT2D eigenvalue weighted by atomic mass is 9.95. The van der Waals surface area contributed by atoms with Crippen molar-refractivity contribution in [2.45, 2.75) is 25.4 Å². The molecule has 4 nitrogen and oxygen atoms in total. The molecule has 1 N–H and O–H groups in total. The van der Waals surface area contributed by atoms with Crippen molar-refractivity contribution in [2.75, 3.05) is 0 Å². The maximum atomic E-state index is 12.4. The highest BCUT2D eigenvalue weighted by atomic mass is 35.5. The molecule has 25 heavy (non-hydrogen) atoms. The van der Waals surface area contributed by atoms with Crippen LogP contribution in [0.15, 0.2) is 73.2 Å². The summed E-state index contributed by atoms with van der Waals surface area (Å²) < 4.78 is 2.09. The highest BCUT2D eigenvalue weighted by Gasteiger charge is 2.17. The number of aromatic nitrogens is 2. The molecule has 0 fully saturated rings. The predicted molar refractivity (Wildman–Crippen MR) is 99.3 cm³/mol. The van der Waals surface area contributed by atoms with Gasteiger partial charge in [0.15, 0.2) is 0 Å². The fourth-order valence-corrected chi connectivity index (χ4v) is 2.88. The Hall–Kier alpha value is -2.59. The summed E-state index contributed by atoms with van der Waals surface area (Å²) in [5.74, 6) is 0.0890. The van der Waals surface area contributed by atoms with Crippen molar-refractivity contribution in [3.05, 3.63) is 89.5 Å². The van der Waals surface area contributed by atoms with Crippen LogP contribution in [0.25, 0.3) is 0 Å². The van der Waals surface area contributed by atoms with Gasteiger partial charge in [0.2, 0.25) is 5.91 Å². The Labute approximate surface area is 152 Å². The molecule has 0 bridgehead atoms. The van der Waals surface area contributed by atoms with Crippen LogP contribution >= 0.6 is 11.6 Å². The van der Waals surface area contributed by atoms with Gasteiger partial charge in [-0.2, -0.15) is 0 Å². The van der Waals surface area contributed by atoms with E-state index in [-0.39, 0.29) is 11.8 Å². The molecule has 0 aliphatic carbocycles. The van der Waals surface area contributed by atoms with Crippen LogP contribution in [0.1, 0.15) is 23.6 Å². The number of nitrogens with zero attached hydrogens (tertiary/aromatic N) is 2. The van der Waals surface area contributed by atoms with Crippen molar-refractivity contribution >= 4 is 17.5 Å². The summed E-state index contributed by atoms with van der Waals surface area (Å²) in [6, 6.07) is 17.4. The first-order chi connectivity index (χ1) is 12.2. The van der Waals surface area contributed by atoms with Crippen molar-refractivity contribution in [3.63, 3.8) is 0 Å². The van der Waals surface area contributed by atoms with Gasteiger partial charge in [-0.1, -0.05) is 29.8 Å². The van der Waals surface area contributed by atoms with E-state index < -0.39 is 0 Å². The summed E-state index contributed by atoms with van der Waals surface area (Å²) in [4.78, 5) is 16.6. The third kappa shape index (κ3) is 5.19. The predicted octanol–water partition coefficient (Wildman–Crippen LogP) is 4.03. The molecular weight excluding hydrogens is 334 g/mol. The third-order valence-electron chi connectivity index (χ3n) is 4.06. The average molecular weight is 354 g/mol. The topological polar surface area (TPSA) is 46.9 Å². The highest BCUT2D eigenvalue weighted by Crippen LogP contribution is 2.24. The molecule has 0 saturated heterocycles. The van der Waals surface area contributed by atoms with Gasteiger partial charge in [0.1, 0.15) is 0 Å². The standard InChI is InChI=1S/C20H20ClN3O/c21-18-8-6-16(7-9-18)17(15-24-11-3-4-12-24)13-20(25)23-14-19-5-1-2-10-22-19/h1-12,17H,13-15H2,(H,23,25). The van der Waals surface area contributed by atoms with E-state index >= 15 is 0 Å². The van der Waals surface area contributed by atoms with Gasteiger partial charge in [-0.25, -0.2) is 0 Å². The monoisotopic (exact) mass is 353 g/mol. The molecule has 0 saturated carbocycles. The minimum atomic E-state index is 0.0118. The fourth-order valence-electron chi connectivity index (χ4n) is 2.76. The summed E-state index contributed by atoms with van der Waals surface area (Å²) in [7, 11) is 0. The van der Waals surface area contributed by atoms with E-state index in [0.717, 1.165) is 17.8 Å². The molecular formula is C20H20ClN3O. The van der Waals surface area contributed by atoms with Gasteiger partial charge >= 0.3 is 0 Å². The van der Waals surface area contributed by atoms with Crippen LogP contribution in [0.3, 0.4) is 0 Å². The van der Waals surface area contributed by atoms with E-state index in [2.05, 4.69) is 14.9 Å². The van der Waals surface area contributed by atoms with Gasteiger partial charge < -0.3 is 9.88 Å². The molecule has 1 amide bonds. The fraction of sp³-hybridized carbons (Fsp3) is 0.200. The number of amides is 1. The van der Waals surface area contributed by atoms with Gasteiger partial charge in [0, 0.05) is 42.5 Å². The Balaban J connectivity index is 1.66. The molecule has 3 aromatic rings. The van der Waals surface area contributed by atoms with Crippen LogP contribution in [-0.2, 0) is 17.9 Å². The normalized spacial score (nSPS) is 11.9. The molecule has 3 rings (SSSR count). The largest absolute Gasteiger partial charge is 0.354 e. The van der Waals surface area contributed by atoms with E-state index in [9.17, 15) is 4.79 Å². The van der Waals surface area contributed by atoms with Crippen molar-refractivity contribution in [1.29, 1.82) is 0 Å². The molecule has 2 heterocycles. The van der Waals surface area contributed by atoms with Crippen molar-refractivity contribution < 1.29 is 4.79 Å². The Bertz CT molecular complexity index is 786. The molecule has 1 aromatic carbocycles. The number of hydrogen-bond donors (Lipinski definition) is 1. The van der Waals surface area contributed by atoms with Gasteiger partial charge in [0.05, 0.1) is 12.2 Å². The first-order valence-electron chi connectivity index (χ1n) is 8.23. The van der Waals surface area contributed by atoms with E-state index in [1.807, 2.05) is 67.0 Å². The molecule has 128 valence electrons. The van der Waals surface area contributed by atoms with Gasteiger partial charge in [-0.05, 0) is 42.0 Å². The Morgan fingerprint density at radius 3 is 2.52 bits per heavy atom. The molecule has 1 unspecified atom stereocenters. The number of benzene rings is 1. The summed E-state index contributed by atoms with van der Waals surface area (Å²) in [6.45, 7) is 1.18. The molecule has 0 aliphatic heterocycles. The average Bonchev–Trinajstić information content (AvgIpc) is 3.14. The van der Waals surface area contributed by atoms with Crippen LogP contribution < -0.4 is 5.32 Å². The lowest BCUT2D eigenvalue weighted by molar-refractivity contribution is -0.121. The second-order valence-corrected chi connectivity index (χ2v) is 6.37. The number of rotatable bonds is 7. The highest BCUT2D eigenvalue weighted by molar-refractivity contribution is 6.30. The van der Waals surface area contributed by atoms with Crippen LogP contribution in [0.5, 0.6) is 0 Å². The van der Waals surface area contributed by atoms with Crippen LogP contribution in [-0.4, -0.2) is 15.5 Å². The van der Waals surface area contributed by atoms with E-state index in [1.54, 1.807) is 6.20 Å². The minimum absolute atomic E-state index is 0.0118. The number of carbonyl (C=O) groups is 1. The van der Waals surface area contributed by atoms with Crippen molar-refractivity contribution in [1.82, 2.24) is 14.9 Å². The Morgan fingerprint density at radius 2 is 1.84 bits per heavy atom. The molecule has 1 atom stereocenters. The summed E-state index contributed by atoms with van der Waals surface area (Å²) in [5.41, 5.74) is 1.95. The van der Waals surface area contributed by atoms with Gasteiger partial charge in [-0.15, -0.1) is 0 Å². The lowest BCUT2D eigenvalue weighted by Gasteiger charge is -2.18. The number of carbonyl (C=O) groups excluding carboxylic acids is 1. The summed E-state index contributed by atoms with van der Waals surface area (Å²) in [6.07, 6.45) is 6.15. The molecule has 5 heteroatoms. The first-order valence-corrected chi connectivity index (χ1v) is 8.61. The zero-order valence-corrected chi connectivity index (χ0v) is 14.6.